The Morgan fingerprint density at radius 2 is 0.865 bits per heavy atom. The highest BCUT2D eigenvalue weighted by molar-refractivity contribution is 7.98. The molecule has 0 aliphatic rings. The molecule has 2 aromatic rings. The molecule has 0 aliphatic heterocycles. The lowest BCUT2D eigenvalue weighted by Crippen LogP contribution is -2.60. The molecule has 9 unspecified atom stereocenters. The minimum atomic E-state index is -1.60. The number of nitrogens with zero attached hydrogens (tertiary/aromatic N) is 2. The van der Waals surface area contributed by atoms with Gasteiger partial charge in [0.2, 0.25) is 59.1 Å². The first-order valence-electron chi connectivity index (χ1n) is 29.8. The van der Waals surface area contributed by atoms with E-state index >= 15 is 0 Å². The Morgan fingerprint density at radius 1 is 0.483 bits per heavy atom. The van der Waals surface area contributed by atoms with Gasteiger partial charge in [-0.05, 0) is 140 Å². The summed E-state index contributed by atoms with van der Waals surface area (Å²) in [5.74, 6) is -10.7. The zero-order chi connectivity index (χ0) is 66.4. The van der Waals surface area contributed by atoms with Gasteiger partial charge in [-0.1, -0.05) is 25.1 Å². The number of carboxylic acid groups (broad SMARTS) is 1. The Labute approximate surface area is 522 Å². The number of carbonyl (C=O) groups excluding carboxylic acids is 10. The second-order valence-electron chi connectivity index (χ2n) is 21.5. The second kappa shape index (κ2) is 42.6. The molecular formula is C56H96N20O12S. The molecule has 0 bridgehead atoms. The number of carbonyl (C=O) groups is 11. The summed E-state index contributed by atoms with van der Waals surface area (Å²) in [5, 5.41) is 31.9. The van der Waals surface area contributed by atoms with Crippen molar-refractivity contribution in [2.75, 3.05) is 44.7 Å². The van der Waals surface area contributed by atoms with E-state index < -0.39 is 126 Å². The number of aliphatic carboxylic acids is 1. The highest BCUT2D eigenvalue weighted by Gasteiger charge is 2.36. The SMILES string of the molecule is CSCCC(NC(=O)C(CCCN=C(N)N)NC(=O)C(CCCN=C(N)N)NC(=O)C(CC(N)=O)NC(=O)C(C)CCC(N)=O)C(=O)NC(CCCCN)C(=O)NC(Cc1c[nH]c2ccccc12)C(=O)NC(CCCCN)C(=O)NC(CCCCN)C(=O)O. The van der Waals surface area contributed by atoms with E-state index in [1.165, 1.54) is 18.7 Å². The average molecular weight is 1270 g/mol. The van der Waals surface area contributed by atoms with Crippen molar-refractivity contribution >= 4 is 99.6 Å². The molecule has 1 aromatic heterocycles. The van der Waals surface area contributed by atoms with Gasteiger partial charge in [-0.15, -0.1) is 0 Å². The van der Waals surface area contributed by atoms with Crippen LogP contribution in [0.2, 0.25) is 0 Å². The fourth-order valence-corrected chi connectivity index (χ4v) is 9.64. The molecule has 10 amide bonds. The lowest BCUT2D eigenvalue weighted by molar-refractivity contribution is -0.142. The van der Waals surface area contributed by atoms with E-state index in [2.05, 4.69) is 57.5 Å². The van der Waals surface area contributed by atoms with E-state index in [1.54, 1.807) is 18.5 Å². The predicted molar refractivity (Wildman–Crippen MR) is 338 cm³/mol. The number of fused-ring (bicyclic) bond motifs is 1. The monoisotopic (exact) mass is 1270 g/mol. The Bertz CT molecular complexity index is 2690. The molecule has 2 rings (SSSR count). The molecule has 0 spiro atoms. The van der Waals surface area contributed by atoms with Gasteiger partial charge in [0, 0.05) is 48.9 Å². The van der Waals surface area contributed by atoms with E-state index in [0.29, 0.717) is 56.4 Å². The number of aromatic nitrogens is 1. The van der Waals surface area contributed by atoms with Gasteiger partial charge in [0.1, 0.15) is 48.3 Å². The molecular weight excluding hydrogens is 1180 g/mol. The number of H-pyrrole nitrogens is 1. The third-order valence-corrected chi connectivity index (χ3v) is 14.8. The fourth-order valence-electron chi connectivity index (χ4n) is 9.17. The number of para-hydroxylation sites is 1. The maximum Gasteiger partial charge on any atom is 0.326 e. The number of rotatable bonds is 47. The van der Waals surface area contributed by atoms with Crippen LogP contribution in [0.25, 0.3) is 10.9 Å². The van der Waals surface area contributed by atoms with E-state index in [1.807, 2.05) is 18.2 Å². The van der Waals surface area contributed by atoms with E-state index in [-0.39, 0.29) is 109 Å². The van der Waals surface area contributed by atoms with E-state index in [4.69, 9.17) is 51.6 Å². The first kappa shape index (κ1) is 76.8. The van der Waals surface area contributed by atoms with E-state index in [9.17, 15) is 57.8 Å². The largest absolute Gasteiger partial charge is 0.480 e. The molecule has 0 radical (unpaired) electrons. The summed E-state index contributed by atoms with van der Waals surface area (Å²) in [5.41, 5.74) is 51.5. The van der Waals surface area contributed by atoms with Crippen LogP contribution in [0.4, 0.5) is 0 Å². The molecule has 28 N–H and O–H groups in total. The highest BCUT2D eigenvalue weighted by Crippen LogP contribution is 2.20. The van der Waals surface area contributed by atoms with Crippen LogP contribution in [0.5, 0.6) is 0 Å². The lowest BCUT2D eigenvalue weighted by Gasteiger charge is -2.28. The number of amides is 10. The van der Waals surface area contributed by atoms with Crippen molar-refractivity contribution in [2.45, 2.75) is 171 Å². The quantitative estimate of drug-likeness (QED) is 0.0169. The maximum atomic E-state index is 14.7. The van der Waals surface area contributed by atoms with Crippen molar-refractivity contribution in [1.29, 1.82) is 0 Å². The van der Waals surface area contributed by atoms with Gasteiger partial charge >= 0.3 is 5.97 Å². The van der Waals surface area contributed by atoms with E-state index in [0.717, 1.165) is 10.9 Å². The number of thioether (sulfide) groups is 1. The minimum Gasteiger partial charge on any atom is -0.480 e. The van der Waals surface area contributed by atoms with Crippen LogP contribution >= 0.6 is 11.8 Å². The summed E-state index contributed by atoms with van der Waals surface area (Å²) in [6.07, 6.45) is 5.03. The maximum absolute atomic E-state index is 14.7. The Kier molecular flexibility index (Phi) is 36.7. The van der Waals surface area contributed by atoms with Crippen LogP contribution in [0, 0.1) is 5.92 Å². The summed E-state index contributed by atoms with van der Waals surface area (Å²) in [7, 11) is 0. The fraction of sp³-hybridized carbons (Fsp3) is 0.625. The van der Waals surface area contributed by atoms with Crippen molar-refractivity contribution in [3.05, 3.63) is 36.0 Å². The highest BCUT2D eigenvalue weighted by atomic mass is 32.2. The normalized spacial score (nSPS) is 14.1. The van der Waals surface area contributed by atoms with Gasteiger partial charge in [-0.2, -0.15) is 11.8 Å². The molecule has 498 valence electrons. The summed E-state index contributed by atoms with van der Waals surface area (Å²) in [6, 6.07) is -3.94. The summed E-state index contributed by atoms with van der Waals surface area (Å²) < 4.78 is 0. The third-order valence-electron chi connectivity index (χ3n) is 14.2. The molecule has 0 aliphatic carbocycles. The van der Waals surface area contributed by atoms with Gasteiger partial charge in [0.05, 0.1) is 6.42 Å². The van der Waals surface area contributed by atoms with Crippen molar-refractivity contribution in [3.8, 4) is 0 Å². The zero-order valence-corrected chi connectivity index (χ0v) is 51.8. The summed E-state index contributed by atoms with van der Waals surface area (Å²) >= 11 is 1.34. The number of aromatic amines is 1. The van der Waals surface area contributed by atoms with Crippen molar-refractivity contribution in [2.24, 2.45) is 67.5 Å². The summed E-state index contributed by atoms with van der Waals surface area (Å²) in [4.78, 5) is 161. The third kappa shape index (κ3) is 30.5. The molecule has 89 heavy (non-hydrogen) atoms. The topological polar surface area (TPSA) is 579 Å². The Morgan fingerprint density at radius 3 is 1.28 bits per heavy atom. The predicted octanol–water partition coefficient (Wildman–Crippen LogP) is -4.30. The van der Waals surface area contributed by atoms with Crippen molar-refractivity contribution in [1.82, 2.24) is 47.5 Å². The standard InChI is InChI=1S/C56H96N20O12S/c1-32(20-21-44(60)77)46(79)75-43(30-45(61)78)53(86)72-39(19-12-27-67-56(64)65)47(80)70-38(18-11-26-66-55(62)63)48(81)73-40(22-28-89-2)51(84)69-37(16-6-9-24-58)50(83)76-42(29-33-31-68-35-14-4-3-13-34(33)35)52(85)71-36(15-5-8-23-57)49(82)74-41(54(87)88)17-7-10-25-59/h3-4,13-14,31-32,36-43,68H,5-12,15-30,57-59H2,1-2H3,(H2,60,77)(H2,61,78)(H,69,84)(H,70,80)(H,71,85)(H,72,86)(H,73,81)(H,74,82)(H,75,79)(H,76,83)(H,87,88)(H4,62,63,66)(H4,64,65,67). The first-order chi connectivity index (χ1) is 42.3. The van der Waals surface area contributed by atoms with Gasteiger partial charge in [-0.25, -0.2) is 4.79 Å². The number of unbranched alkanes of at least 4 members (excludes halogenated alkanes) is 3. The smallest absolute Gasteiger partial charge is 0.326 e. The molecule has 33 heteroatoms. The van der Waals surface area contributed by atoms with Crippen LogP contribution in [-0.4, -0.2) is 180 Å². The Balaban J connectivity index is 2.62. The van der Waals surface area contributed by atoms with Crippen LogP contribution in [-0.2, 0) is 59.2 Å². The summed E-state index contributed by atoms with van der Waals surface area (Å²) in [6.45, 7) is 2.27. The van der Waals surface area contributed by atoms with Gasteiger partial charge in [0.25, 0.3) is 0 Å². The molecule has 32 nitrogen and oxygen atoms in total. The lowest BCUT2D eigenvalue weighted by atomic mass is 10.0. The molecule has 1 heterocycles. The van der Waals surface area contributed by atoms with Gasteiger partial charge < -0.3 is 104 Å². The van der Waals surface area contributed by atoms with Gasteiger partial charge in [0.15, 0.2) is 11.9 Å². The van der Waals surface area contributed by atoms with Crippen molar-refractivity contribution < 1.29 is 57.8 Å². The van der Waals surface area contributed by atoms with Crippen LogP contribution in [0.3, 0.4) is 0 Å². The number of benzene rings is 1. The number of hydrogen-bond donors (Lipinski definition) is 19. The number of hydrogen-bond acceptors (Lipinski definition) is 17. The molecule has 1 aromatic carbocycles. The molecule has 0 fully saturated rings. The molecule has 9 atom stereocenters. The Hall–Kier alpha value is -8.30. The van der Waals surface area contributed by atoms with Crippen molar-refractivity contribution in [3.63, 3.8) is 0 Å². The molecule has 0 saturated carbocycles. The number of primary amides is 2. The average Bonchev–Trinajstić information content (AvgIpc) is 3.92. The van der Waals surface area contributed by atoms with Crippen LogP contribution < -0.4 is 94.1 Å². The minimum absolute atomic E-state index is 0.00229. The number of nitrogens with two attached hydrogens (primary N) is 9. The second-order valence-corrected chi connectivity index (χ2v) is 22.5. The zero-order valence-electron chi connectivity index (χ0n) is 51.0. The number of aliphatic imine (C=N–C) groups is 2. The number of nitrogens with one attached hydrogen (secondary N) is 9. The van der Waals surface area contributed by atoms with Crippen LogP contribution in [0.1, 0.15) is 122 Å². The molecule has 0 saturated heterocycles. The first-order valence-corrected chi connectivity index (χ1v) is 31.2. The van der Waals surface area contributed by atoms with Crippen LogP contribution in [0.15, 0.2) is 40.4 Å². The number of guanidine groups is 2. The van der Waals surface area contributed by atoms with Gasteiger partial charge in [-0.3, -0.25) is 57.9 Å². The number of carboxylic acids is 1.